The second kappa shape index (κ2) is 10.3. The summed E-state index contributed by atoms with van der Waals surface area (Å²) in [6.07, 6.45) is 1.75. The van der Waals surface area contributed by atoms with E-state index in [1.54, 1.807) is 48.5 Å². The Morgan fingerprint density at radius 3 is 2.48 bits per heavy atom. The highest BCUT2D eigenvalue weighted by atomic mass is 32.2. The zero-order chi connectivity index (χ0) is 24.0. The number of carbonyl (C=O) groups excluding carboxylic acids is 2. The van der Waals surface area contributed by atoms with E-state index in [0.29, 0.717) is 17.7 Å². The van der Waals surface area contributed by atoms with Crippen molar-refractivity contribution in [1.29, 1.82) is 0 Å². The van der Waals surface area contributed by atoms with Crippen molar-refractivity contribution in [2.24, 2.45) is 0 Å². The molecule has 0 aliphatic carbocycles. The van der Waals surface area contributed by atoms with Gasteiger partial charge in [0.1, 0.15) is 0 Å². The Bertz CT molecular complexity index is 1280. The Labute approximate surface area is 193 Å². The number of esters is 1. The van der Waals surface area contributed by atoms with E-state index in [0.717, 1.165) is 11.4 Å². The molecule has 0 amide bonds. The van der Waals surface area contributed by atoms with Crippen molar-refractivity contribution >= 4 is 27.5 Å². The van der Waals surface area contributed by atoms with E-state index in [-0.39, 0.29) is 22.8 Å². The van der Waals surface area contributed by atoms with E-state index in [4.69, 9.17) is 4.74 Å². The van der Waals surface area contributed by atoms with E-state index >= 15 is 0 Å². The predicted molar refractivity (Wildman–Crippen MR) is 128 cm³/mol. The molecule has 1 aromatic heterocycles. The third kappa shape index (κ3) is 6.20. The molecule has 0 aliphatic rings. The van der Waals surface area contributed by atoms with Crippen LogP contribution in [0.15, 0.2) is 73.3 Å². The summed E-state index contributed by atoms with van der Waals surface area (Å²) in [5.41, 5.74) is 3.21. The fourth-order valence-electron chi connectivity index (χ4n) is 3.50. The summed E-state index contributed by atoms with van der Waals surface area (Å²) in [7, 11) is -3.67. The van der Waals surface area contributed by atoms with E-state index in [1.165, 1.54) is 12.1 Å². The quantitative estimate of drug-likeness (QED) is 0.274. The van der Waals surface area contributed by atoms with Crippen molar-refractivity contribution in [2.75, 3.05) is 11.3 Å². The average molecular weight is 467 g/mol. The van der Waals surface area contributed by atoms with Crippen LogP contribution in [0.4, 0.5) is 5.69 Å². The van der Waals surface area contributed by atoms with Gasteiger partial charge in [0.2, 0.25) is 15.8 Å². The molecule has 33 heavy (non-hydrogen) atoms. The van der Waals surface area contributed by atoms with Crippen molar-refractivity contribution in [3.8, 4) is 0 Å². The maximum absolute atomic E-state index is 12.6. The summed E-state index contributed by atoms with van der Waals surface area (Å²) < 4.78 is 34.5. The van der Waals surface area contributed by atoms with Crippen LogP contribution in [-0.2, 0) is 27.1 Å². The number of nitrogens with zero attached hydrogens (tertiary/aromatic N) is 1. The molecule has 0 radical (unpaired) electrons. The van der Waals surface area contributed by atoms with Crippen LogP contribution in [0.1, 0.15) is 37.7 Å². The van der Waals surface area contributed by atoms with Gasteiger partial charge in [-0.1, -0.05) is 42.5 Å². The second-order valence-electron chi connectivity index (χ2n) is 7.61. The monoisotopic (exact) mass is 466 g/mol. The zero-order valence-electron chi connectivity index (χ0n) is 18.6. The van der Waals surface area contributed by atoms with Crippen molar-refractivity contribution in [3.63, 3.8) is 0 Å². The zero-order valence-corrected chi connectivity index (χ0v) is 19.4. The van der Waals surface area contributed by atoms with Crippen molar-refractivity contribution in [3.05, 3.63) is 101 Å². The second-order valence-corrected chi connectivity index (χ2v) is 9.33. The number of carbonyl (C=O) groups is 2. The Kier molecular flexibility index (Phi) is 7.50. The molecule has 0 atom stereocenters. The molecular formula is C25H26N2O5S. The number of Topliss-reactive ketones (excluding diaryl/α,β-unsaturated/α-hetero) is 1. The Hall–Kier alpha value is -3.65. The summed E-state index contributed by atoms with van der Waals surface area (Å²) >= 11 is 0. The van der Waals surface area contributed by atoms with Gasteiger partial charge in [-0.25, -0.2) is 13.2 Å². The first-order valence-corrected chi connectivity index (χ1v) is 12.0. The van der Waals surface area contributed by atoms with Crippen LogP contribution >= 0.6 is 0 Å². The predicted octanol–water partition coefficient (Wildman–Crippen LogP) is 4.27. The number of hydrogen-bond donors (Lipinski definition) is 1. The number of ketones is 1. The molecule has 1 N–H and O–H groups in total. The topological polar surface area (TPSA) is 94.5 Å². The average Bonchev–Trinajstić information content (AvgIpc) is 3.06. The number of aromatic nitrogens is 1. The summed E-state index contributed by atoms with van der Waals surface area (Å²) in [4.78, 5) is 25.1. The number of benzene rings is 2. The highest BCUT2D eigenvalue weighted by Gasteiger charge is 2.18. The molecule has 172 valence electrons. The first-order valence-electron chi connectivity index (χ1n) is 10.3. The molecule has 0 unspecified atom stereocenters. The fraction of sp³-hybridized carbons (Fsp3) is 0.200. The summed E-state index contributed by atoms with van der Waals surface area (Å²) in [6, 6.07) is 16.5. The van der Waals surface area contributed by atoms with Crippen LogP contribution < -0.4 is 4.72 Å². The third-order valence-electron chi connectivity index (χ3n) is 5.09. The van der Waals surface area contributed by atoms with Gasteiger partial charge in [-0.3, -0.25) is 9.52 Å². The number of nitrogens with one attached hydrogen (secondary N) is 1. The van der Waals surface area contributed by atoms with E-state index in [9.17, 15) is 18.0 Å². The molecule has 8 heteroatoms. The van der Waals surface area contributed by atoms with E-state index in [1.807, 2.05) is 24.5 Å². The molecule has 7 nitrogen and oxygen atoms in total. The third-order valence-corrected chi connectivity index (χ3v) is 6.35. The Morgan fingerprint density at radius 2 is 1.79 bits per heavy atom. The van der Waals surface area contributed by atoms with Gasteiger partial charge in [-0.2, -0.15) is 0 Å². The number of allylic oxidation sites excluding steroid dienone is 1. The number of hydrogen-bond acceptors (Lipinski definition) is 5. The lowest BCUT2D eigenvalue weighted by molar-refractivity contribution is 0.0474. The van der Waals surface area contributed by atoms with Crippen LogP contribution in [-0.4, -0.2) is 31.3 Å². The van der Waals surface area contributed by atoms with E-state index < -0.39 is 22.6 Å². The normalized spacial score (nSPS) is 11.1. The lowest BCUT2D eigenvalue weighted by atomic mass is 10.1. The van der Waals surface area contributed by atoms with Gasteiger partial charge in [0, 0.05) is 29.2 Å². The molecule has 0 spiro atoms. The maximum Gasteiger partial charge on any atom is 0.338 e. The van der Waals surface area contributed by atoms with Crippen molar-refractivity contribution in [1.82, 2.24) is 4.57 Å². The lowest BCUT2D eigenvalue weighted by Crippen LogP contribution is -2.17. The molecule has 0 saturated carbocycles. The minimum absolute atomic E-state index is 0.139. The number of rotatable bonds is 10. The molecular weight excluding hydrogens is 440 g/mol. The SMILES string of the molecule is C=CCn1c(C)cc(C(=O)COC(=O)c2cccc(NS(=O)(=O)Cc3ccccc3)c2)c1C. The van der Waals surface area contributed by atoms with Crippen LogP contribution in [0.5, 0.6) is 0 Å². The minimum Gasteiger partial charge on any atom is -0.454 e. The summed E-state index contributed by atoms with van der Waals surface area (Å²) in [5, 5.41) is 0. The van der Waals surface area contributed by atoms with Crippen LogP contribution in [0, 0.1) is 13.8 Å². The van der Waals surface area contributed by atoms with E-state index in [2.05, 4.69) is 11.3 Å². The summed E-state index contributed by atoms with van der Waals surface area (Å²) in [6.45, 7) is 7.61. The Morgan fingerprint density at radius 1 is 1.06 bits per heavy atom. The number of aryl methyl sites for hydroxylation is 1. The molecule has 0 fully saturated rings. The highest BCUT2D eigenvalue weighted by molar-refractivity contribution is 7.91. The standard InChI is InChI=1S/C25H26N2O5S/c1-4-13-27-18(2)14-23(19(27)3)24(28)16-32-25(29)21-11-8-12-22(15-21)26-33(30,31)17-20-9-6-5-7-10-20/h4-12,14-15,26H,1,13,16-17H2,2-3H3. The minimum atomic E-state index is -3.67. The van der Waals surface area contributed by atoms with Gasteiger partial charge in [0.05, 0.1) is 11.3 Å². The molecule has 0 bridgehead atoms. The number of anilines is 1. The number of ether oxygens (including phenoxy) is 1. The van der Waals surface area contributed by atoms with Gasteiger partial charge in [-0.15, -0.1) is 6.58 Å². The first-order chi connectivity index (χ1) is 15.7. The largest absolute Gasteiger partial charge is 0.454 e. The molecule has 0 aliphatic heterocycles. The lowest BCUT2D eigenvalue weighted by Gasteiger charge is -2.10. The number of sulfonamides is 1. The smallest absolute Gasteiger partial charge is 0.338 e. The molecule has 3 rings (SSSR count). The molecule has 0 saturated heterocycles. The van der Waals surface area contributed by atoms with Crippen LogP contribution in [0.2, 0.25) is 0 Å². The van der Waals surface area contributed by atoms with Gasteiger partial charge >= 0.3 is 5.97 Å². The van der Waals surface area contributed by atoms with Crippen molar-refractivity contribution < 1.29 is 22.7 Å². The first kappa shape index (κ1) is 24.0. The van der Waals surface area contributed by atoms with Gasteiger partial charge < -0.3 is 9.30 Å². The van der Waals surface area contributed by atoms with Crippen LogP contribution in [0.25, 0.3) is 0 Å². The maximum atomic E-state index is 12.6. The molecule has 3 aromatic rings. The van der Waals surface area contributed by atoms with Gasteiger partial charge in [0.15, 0.2) is 6.61 Å². The molecule has 2 aromatic carbocycles. The summed E-state index contributed by atoms with van der Waals surface area (Å²) in [5.74, 6) is -1.22. The highest BCUT2D eigenvalue weighted by Crippen LogP contribution is 2.18. The Balaban J connectivity index is 1.64. The molecule has 1 heterocycles. The van der Waals surface area contributed by atoms with Crippen molar-refractivity contribution in [2.45, 2.75) is 26.1 Å². The van der Waals surface area contributed by atoms with Gasteiger partial charge in [0.25, 0.3) is 0 Å². The van der Waals surface area contributed by atoms with Gasteiger partial charge in [-0.05, 0) is 43.7 Å². The van der Waals surface area contributed by atoms with Crippen LogP contribution in [0.3, 0.4) is 0 Å². The fourth-order valence-corrected chi connectivity index (χ4v) is 4.69.